The van der Waals surface area contributed by atoms with Gasteiger partial charge in [0.2, 0.25) is 0 Å². The van der Waals surface area contributed by atoms with E-state index in [0.29, 0.717) is 25.2 Å². The molecule has 1 aliphatic rings. The zero-order chi connectivity index (χ0) is 19.3. The molecule has 3 aromatic rings. The van der Waals surface area contributed by atoms with Crippen molar-refractivity contribution in [3.05, 3.63) is 65.9 Å². The van der Waals surface area contributed by atoms with Gasteiger partial charge in [0.15, 0.2) is 5.69 Å². The van der Waals surface area contributed by atoms with E-state index in [-0.39, 0.29) is 18.6 Å². The summed E-state index contributed by atoms with van der Waals surface area (Å²) in [4.78, 5) is 17.3. The van der Waals surface area contributed by atoms with Gasteiger partial charge in [-0.25, -0.2) is 0 Å². The minimum Gasteiger partial charge on any atom is -0.396 e. The standard InChI is InChI=1S/C22H26N4O2/c27-15-11-18-16-26(14-13-25(18)12-10-17-6-2-1-3-7-17)22(28)21-19-8-4-5-9-20(19)23-24-21/h1-9,18,27H,10-16H2,(H,23,24)/t18-/m1/s1. The summed E-state index contributed by atoms with van der Waals surface area (Å²) in [5.41, 5.74) is 2.67. The van der Waals surface area contributed by atoms with Gasteiger partial charge in [0.25, 0.3) is 5.91 Å². The van der Waals surface area contributed by atoms with Gasteiger partial charge in [-0.2, -0.15) is 5.10 Å². The second kappa shape index (κ2) is 8.54. The van der Waals surface area contributed by atoms with Crippen molar-refractivity contribution >= 4 is 16.8 Å². The molecule has 1 atom stereocenters. The maximum absolute atomic E-state index is 13.1. The normalized spacial score (nSPS) is 17.9. The van der Waals surface area contributed by atoms with Crippen LogP contribution in [0.15, 0.2) is 54.6 Å². The van der Waals surface area contributed by atoms with Gasteiger partial charge in [-0.15, -0.1) is 0 Å². The highest BCUT2D eigenvalue weighted by Crippen LogP contribution is 2.20. The van der Waals surface area contributed by atoms with Crippen LogP contribution in [0.25, 0.3) is 10.9 Å². The Morgan fingerprint density at radius 1 is 1.11 bits per heavy atom. The van der Waals surface area contributed by atoms with Gasteiger partial charge in [0.05, 0.1) is 5.52 Å². The average Bonchev–Trinajstić information content (AvgIpc) is 3.17. The number of amides is 1. The molecule has 1 aliphatic heterocycles. The Morgan fingerprint density at radius 2 is 1.89 bits per heavy atom. The summed E-state index contributed by atoms with van der Waals surface area (Å²) in [7, 11) is 0. The number of aromatic nitrogens is 2. The first-order chi connectivity index (χ1) is 13.8. The fraction of sp³-hybridized carbons (Fsp3) is 0.364. The SMILES string of the molecule is O=C(c1n[nH]c2ccccc12)N1CCN(CCc2ccccc2)[C@H](CCO)C1. The lowest BCUT2D eigenvalue weighted by Crippen LogP contribution is -2.55. The van der Waals surface area contributed by atoms with Crippen LogP contribution in [-0.2, 0) is 6.42 Å². The third-order valence-electron chi connectivity index (χ3n) is 5.56. The van der Waals surface area contributed by atoms with Crippen LogP contribution in [0.4, 0.5) is 0 Å². The number of para-hydroxylation sites is 1. The van der Waals surface area contributed by atoms with E-state index >= 15 is 0 Å². The molecule has 2 heterocycles. The first kappa shape index (κ1) is 18.7. The summed E-state index contributed by atoms with van der Waals surface area (Å²) in [5.74, 6) is -0.0388. The van der Waals surface area contributed by atoms with E-state index in [9.17, 15) is 9.90 Å². The molecule has 2 N–H and O–H groups in total. The predicted molar refractivity (Wildman–Crippen MR) is 109 cm³/mol. The second-order valence-corrected chi connectivity index (χ2v) is 7.31. The van der Waals surface area contributed by atoms with Gasteiger partial charge in [0, 0.05) is 44.2 Å². The number of nitrogens with one attached hydrogen (secondary N) is 1. The van der Waals surface area contributed by atoms with Crippen LogP contribution in [0.1, 0.15) is 22.5 Å². The zero-order valence-corrected chi connectivity index (χ0v) is 15.9. The number of carbonyl (C=O) groups is 1. The molecule has 0 aliphatic carbocycles. The lowest BCUT2D eigenvalue weighted by atomic mass is 10.1. The maximum Gasteiger partial charge on any atom is 0.275 e. The summed E-state index contributed by atoms with van der Waals surface area (Å²) in [6, 6.07) is 18.3. The number of benzene rings is 2. The molecule has 0 spiro atoms. The number of rotatable bonds is 6. The molecule has 0 unspecified atom stereocenters. The van der Waals surface area contributed by atoms with Crippen LogP contribution in [0.3, 0.4) is 0 Å². The van der Waals surface area contributed by atoms with E-state index in [1.54, 1.807) is 0 Å². The van der Waals surface area contributed by atoms with Crippen molar-refractivity contribution in [1.82, 2.24) is 20.0 Å². The first-order valence-corrected chi connectivity index (χ1v) is 9.87. The molecule has 0 saturated carbocycles. The minimum absolute atomic E-state index is 0.0388. The molecular weight excluding hydrogens is 352 g/mol. The number of carbonyl (C=O) groups excluding carboxylic acids is 1. The molecule has 6 nitrogen and oxygen atoms in total. The van der Waals surface area contributed by atoms with Crippen molar-refractivity contribution in [2.24, 2.45) is 0 Å². The Balaban J connectivity index is 1.44. The molecule has 2 aromatic carbocycles. The van der Waals surface area contributed by atoms with E-state index < -0.39 is 0 Å². The molecule has 1 aromatic heterocycles. The molecule has 1 fully saturated rings. The Hall–Kier alpha value is -2.70. The average molecular weight is 378 g/mol. The highest BCUT2D eigenvalue weighted by molar-refractivity contribution is 6.04. The van der Waals surface area contributed by atoms with E-state index in [1.807, 2.05) is 35.2 Å². The summed E-state index contributed by atoms with van der Waals surface area (Å²) in [5, 5.41) is 17.6. The number of aromatic amines is 1. The van der Waals surface area contributed by atoms with Crippen molar-refractivity contribution in [2.45, 2.75) is 18.9 Å². The molecular formula is C22H26N4O2. The largest absolute Gasteiger partial charge is 0.396 e. The number of hydrogen-bond donors (Lipinski definition) is 2. The van der Waals surface area contributed by atoms with Crippen LogP contribution < -0.4 is 0 Å². The molecule has 28 heavy (non-hydrogen) atoms. The van der Waals surface area contributed by atoms with Crippen LogP contribution in [0.2, 0.25) is 0 Å². The quantitative estimate of drug-likeness (QED) is 0.690. The summed E-state index contributed by atoms with van der Waals surface area (Å²) < 4.78 is 0. The van der Waals surface area contributed by atoms with Gasteiger partial charge in [-0.1, -0.05) is 48.5 Å². The van der Waals surface area contributed by atoms with E-state index in [1.165, 1.54) is 5.56 Å². The Bertz CT molecular complexity index is 924. The van der Waals surface area contributed by atoms with Crippen molar-refractivity contribution in [3.8, 4) is 0 Å². The highest BCUT2D eigenvalue weighted by atomic mass is 16.3. The Kier molecular flexibility index (Phi) is 5.69. The van der Waals surface area contributed by atoms with Crippen LogP contribution >= 0.6 is 0 Å². The molecule has 4 rings (SSSR count). The van der Waals surface area contributed by atoms with Gasteiger partial charge in [-0.05, 0) is 24.5 Å². The van der Waals surface area contributed by atoms with Gasteiger partial charge < -0.3 is 10.0 Å². The molecule has 1 saturated heterocycles. The summed E-state index contributed by atoms with van der Waals surface area (Å²) >= 11 is 0. The van der Waals surface area contributed by atoms with Crippen molar-refractivity contribution in [1.29, 1.82) is 0 Å². The molecule has 6 heteroatoms. The van der Waals surface area contributed by atoms with Crippen molar-refractivity contribution in [3.63, 3.8) is 0 Å². The lowest BCUT2D eigenvalue weighted by molar-refractivity contribution is 0.0423. The van der Waals surface area contributed by atoms with Crippen LogP contribution in [0, 0.1) is 0 Å². The van der Waals surface area contributed by atoms with E-state index in [4.69, 9.17) is 0 Å². The molecule has 1 amide bonds. The number of aliphatic hydroxyl groups excluding tert-OH is 1. The van der Waals surface area contributed by atoms with Crippen LogP contribution in [-0.4, -0.2) is 69.8 Å². The third kappa shape index (κ3) is 3.93. The zero-order valence-electron chi connectivity index (χ0n) is 15.9. The fourth-order valence-electron chi connectivity index (χ4n) is 3.99. The topological polar surface area (TPSA) is 72.5 Å². The van der Waals surface area contributed by atoms with Crippen LogP contribution in [0.5, 0.6) is 0 Å². The Morgan fingerprint density at radius 3 is 2.71 bits per heavy atom. The second-order valence-electron chi connectivity index (χ2n) is 7.31. The van der Waals surface area contributed by atoms with Gasteiger partial charge in [0.1, 0.15) is 0 Å². The number of hydrogen-bond acceptors (Lipinski definition) is 4. The van der Waals surface area contributed by atoms with Gasteiger partial charge in [-0.3, -0.25) is 14.8 Å². The summed E-state index contributed by atoms with van der Waals surface area (Å²) in [6.45, 7) is 3.17. The van der Waals surface area contributed by atoms with E-state index in [2.05, 4.69) is 39.4 Å². The van der Waals surface area contributed by atoms with Gasteiger partial charge >= 0.3 is 0 Å². The number of nitrogens with zero attached hydrogens (tertiary/aromatic N) is 3. The monoisotopic (exact) mass is 378 g/mol. The number of piperazine rings is 1. The molecule has 0 radical (unpaired) electrons. The lowest BCUT2D eigenvalue weighted by Gasteiger charge is -2.41. The fourth-order valence-corrected chi connectivity index (χ4v) is 3.99. The van der Waals surface area contributed by atoms with Crippen molar-refractivity contribution < 1.29 is 9.90 Å². The molecule has 0 bridgehead atoms. The number of aliphatic hydroxyl groups is 1. The predicted octanol–water partition coefficient (Wildman–Crippen LogP) is 2.31. The summed E-state index contributed by atoms with van der Waals surface area (Å²) in [6.07, 6.45) is 1.64. The molecule has 146 valence electrons. The third-order valence-corrected chi connectivity index (χ3v) is 5.56. The highest BCUT2D eigenvalue weighted by Gasteiger charge is 2.31. The number of H-pyrrole nitrogens is 1. The minimum atomic E-state index is -0.0388. The first-order valence-electron chi connectivity index (χ1n) is 9.87. The van der Waals surface area contributed by atoms with Crippen molar-refractivity contribution in [2.75, 3.05) is 32.8 Å². The maximum atomic E-state index is 13.1. The number of fused-ring (bicyclic) bond motifs is 1. The van der Waals surface area contributed by atoms with E-state index in [0.717, 1.165) is 30.4 Å². The smallest absolute Gasteiger partial charge is 0.275 e. The Labute approximate surface area is 164 Å².